The molecule has 0 saturated carbocycles. The molecule has 1 aromatic rings. The van der Waals surface area contributed by atoms with Crippen LogP contribution in [0.15, 0.2) is 18.2 Å². The van der Waals surface area contributed by atoms with Crippen LogP contribution >= 0.6 is 23.2 Å². The summed E-state index contributed by atoms with van der Waals surface area (Å²) in [6.45, 7) is 1.70. The van der Waals surface area contributed by atoms with Crippen LogP contribution in [0.4, 0.5) is 0 Å². The number of hydrogen-bond donors (Lipinski definition) is 1. The second kappa shape index (κ2) is 5.37. The van der Waals surface area contributed by atoms with Crippen molar-refractivity contribution in [3.05, 3.63) is 33.8 Å². The normalized spacial score (nSPS) is 18.2. The minimum Gasteiger partial charge on any atom is -0.396 e. The maximum atomic E-state index is 9.41. The van der Waals surface area contributed by atoms with E-state index in [2.05, 4.69) is 0 Å². The Morgan fingerprint density at radius 1 is 1.38 bits per heavy atom. The first-order valence-electron chi connectivity index (χ1n) is 5.34. The lowest BCUT2D eigenvalue weighted by molar-refractivity contribution is -0.0405. The van der Waals surface area contributed by atoms with Crippen LogP contribution in [-0.4, -0.2) is 24.9 Å². The molecule has 0 spiro atoms. The van der Waals surface area contributed by atoms with Crippen molar-refractivity contribution in [3.63, 3.8) is 0 Å². The number of benzene rings is 1. The van der Waals surface area contributed by atoms with E-state index >= 15 is 0 Å². The average Bonchev–Trinajstić information content (AvgIpc) is 2.18. The van der Waals surface area contributed by atoms with Gasteiger partial charge in [-0.15, -0.1) is 0 Å². The van der Waals surface area contributed by atoms with Gasteiger partial charge in [-0.3, -0.25) is 0 Å². The van der Waals surface area contributed by atoms with Crippen molar-refractivity contribution in [3.8, 4) is 0 Å². The second-order valence-electron chi connectivity index (χ2n) is 4.18. The highest BCUT2D eigenvalue weighted by atomic mass is 35.5. The van der Waals surface area contributed by atoms with Gasteiger partial charge in [0.05, 0.1) is 13.2 Å². The Balaban J connectivity index is 2.11. The van der Waals surface area contributed by atoms with Crippen molar-refractivity contribution < 1.29 is 9.84 Å². The van der Waals surface area contributed by atoms with E-state index < -0.39 is 0 Å². The third kappa shape index (κ3) is 2.69. The van der Waals surface area contributed by atoms with Crippen LogP contribution < -0.4 is 0 Å². The monoisotopic (exact) mass is 260 g/mol. The Morgan fingerprint density at radius 2 is 2.12 bits per heavy atom. The van der Waals surface area contributed by atoms with Crippen LogP contribution in [0.25, 0.3) is 0 Å². The van der Waals surface area contributed by atoms with Crippen molar-refractivity contribution in [1.82, 2.24) is 0 Å². The topological polar surface area (TPSA) is 29.5 Å². The van der Waals surface area contributed by atoms with Gasteiger partial charge in [-0.1, -0.05) is 29.3 Å². The fourth-order valence-electron chi connectivity index (χ4n) is 1.96. The zero-order valence-electron chi connectivity index (χ0n) is 8.83. The van der Waals surface area contributed by atoms with E-state index in [1.54, 1.807) is 6.07 Å². The summed E-state index contributed by atoms with van der Waals surface area (Å²) in [5, 5.41) is 10.7. The quantitative estimate of drug-likeness (QED) is 0.902. The van der Waals surface area contributed by atoms with Gasteiger partial charge in [-0.05, 0) is 24.1 Å². The summed E-state index contributed by atoms with van der Waals surface area (Å²) in [5.41, 5.74) is 0.973. The molecule has 1 aromatic carbocycles. The molecule has 2 rings (SSSR count). The molecule has 0 aliphatic carbocycles. The van der Waals surface area contributed by atoms with Crippen LogP contribution in [0.2, 0.25) is 10.0 Å². The van der Waals surface area contributed by atoms with Crippen LogP contribution in [0.5, 0.6) is 0 Å². The van der Waals surface area contributed by atoms with E-state index in [4.69, 9.17) is 27.9 Å². The van der Waals surface area contributed by atoms with Gasteiger partial charge in [0.15, 0.2) is 0 Å². The second-order valence-corrected chi connectivity index (χ2v) is 5.03. The van der Waals surface area contributed by atoms with Gasteiger partial charge in [0.1, 0.15) is 0 Å². The van der Waals surface area contributed by atoms with Crippen molar-refractivity contribution >= 4 is 23.2 Å². The molecule has 1 atom stereocenters. The van der Waals surface area contributed by atoms with Gasteiger partial charge < -0.3 is 9.84 Å². The SMILES string of the molecule is OCC(CC1COC1)c1ccc(Cl)cc1Cl. The standard InChI is InChI=1S/C12H14Cl2O2/c13-10-1-2-11(12(14)4-10)9(5-15)3-8-6-16-7-8/h1-2,4,8-9,15H,3,5-7H2. The zero-order valence-corrected chi connectivity index (χ0v) is 10.3. The van der Waals surface area contributed by atoms with E-state index in [1.165, 1.54) is 0 Å². The molecular weight excluding hydrogens is 247 g/mol. The third-order valence-electron chi connectivity index (χ3n) is 2.95. The number of aliphatic hydroxyl groups excluding tert-OH is 1. The predicted molar refractivity (Wildman–Crippen MR) is 65.2 cm³/mol. The number of rotatable bonds is 4. The molecule has 4 heteroatoms. The smallest absolute Gasteiger partial charge is 0.0516 e. The Hall–Kier alpha value is -0.280. The Morgan fingerprint density at radius 3 is 2.62 bits per heavy atom. The van der Waals surface area contributed by atoms with Crippen LogP contribution in [0.1, 0.15) is 17.9 Å². The van der Waals surface area contributed by atoms with Gasteiger partial charge >= 0.3 is 0 Å². The molecule has 1 saturated heterocycles. The van der Waals surface area contributed by atoms with E-state index in [-0.39, 0.29) is 12.5 Å². The summed E-state index contributed by atoms with van der Waals surface area (Å²) in [5.74, 6) is 0.627. The first-order chi connectivity index (χ1) is 7.70. The number of ether oxygens (including phenoxy) is 1. The lowest BCUT2D eigenvalue weighted by Gasteiger charge is -2.29. The summed E-state index contributed by atoms with van der Waals surface area (Å²) < 4.78 is 5.13. The Labute approximate surface area is 105 Å². The zero-order chi connectivity index (χ0) is 11.5. The molecule has 88 valence electrons. The van der Waals surface area contributed by atoms with Crippen molar-refractivity contribution in [2.75, 3.05) is 19.8 Å². The molecule has 2 nitrogen and oxygen atoms in total. The molecule has 1 heterocycles. The van der Waals surface area contributed by atoms with Crippen LogP contribution in [0, 0.1) is 5.92 Å². The fraction of sp³-hybridized carbons (Fsp3) is 0.500. The summed E-state index contributed by atoms with van der Waals surface area (Å²) in [6.07, 6.45) is 0.915. The molecule has 0 amide bonds. The minimum atomic E-state index is 0.0821. The Bertz CT molecular complexity index is 364. The number of halogens is 2. The summed E-state index contributed by atoms with van der Waals surface area (Å²) in [7, 11) is 0. The van der Waals surface area contributed by atoms with Gasteiger partial charge in [0.25, 0.3) is 0 Å². The van der Waals surface area contributed by atoms with E-state index in [1.807, 2.05) is 12.1 Å². The van der Waals surface area contributed by atoms with Crippen LogP contribution in [0.3, 0.4) is 0 Å². The van der Waals surface area contributed by atoms with Gasteiger partial charge in [-0.25, -0.2) is 0 Å². The molecule has 1 aliphatic rings. The molecule has 0 aromatic heterocycles. The highest BCUT2D eigenvalue weighted by Crippen LogP contribution is 2.33. The van der Waals surface area contributed by atoms with E-state index in [0.717, 1.165) is 25.2 Å². The molecule has 16 heavy (non-hydrogen) atoms. The first kappa shape index (κ1) is 12.2. The predicted octanol–water partition coefficient (Wildman–Crippen LogP) is 3.11. The largest absolute Gasteiger partial charge is 0.396 e. The highest BCUT2D eigenvalue weighted by molar-refractivity contribution is 6.35. The molecule has 1 aliphatic heterocycles. The maximum Gasteiger partial charge on any atom is 0.0516 e. The first-order valence-corrected chi connectivity index (χ1v) is 6.10. The number of aliphatic hydroxyl groups is 1. The lowest BCUT2D eigenvalue weighted by atomic mass is 9.88. The molecule has 0 radical (unpaired) electrons. The molecular formula is C12H14Cl2O2. The van der Waals surface area contributed by atoms with Gasteiger partial charge in [-0.2, -0.15) is 0 Å². The number of hydrogen-bond acceptors (Lipinski definition) is 2. The minimum absolute atomic E-state index is 0.0821. The Kier molecular flexibility index (Phi) is 4.09. The molecule has 0 bridgehead atoms. The third-order valence-corrected chi connectivity index (χ3v) is 3.51. The summed E-state index contributed by atoms with van der Waals surface area (Å²) in [6, 6.07) is 5.42. The molecule has 1 unspecified atom stereocenters. The van der Waals surface area contributed by atoms with Gasteiger partial charge in [0.2, 0.25) is 0 Å². The van der Waals surface area contributed by atoms with E-state index in [9.17, 15) is 5.11 Å². The van der Waals surface area contributed by atoms with Gasteiger partial charge in [0, 0.05) is 28.5 Å². The molecule has 1 N–H and O–H groups in total. The van der Waals surface area contributed by atoms with Crippen molar-refractivity contribution in [1.29, 1.82) is 0 Å². The lowest BCUT2D eigenvalue weighted by Crippen LogP contribution is -2.29. The van der Waals surface area contributed by atoms with Crippen LogP contribution in [-0.2, 0) is 4.74 Å². The highest BCUT2D eigenvalue weighted by Gasteiger charge is 2.24. The van der Waals surface area contributed by atoms with Crippen molar-refractivity contribution in [2.24, 2.45) is 5.92 Å². The summed E-state index contributed by atoms with van der Waals surface area (Å²) in [4.78, 5) is 0. The maximum absolute atomic E-state index is 9.41. The molecule has 1 fully saturated rings. The fourth-order valence-corrected chi connectivity index (χ4v) is 2.52. The van der Waals surface area contributed by atoms with Crippen molar-refractivity contribution in [2.45, 2.75) is 12.3 Å². The average molecular weight is 261 g/mol. The summed E-state index contributed by atoms with van der Waals surface area (Å²) >= 11 is 12.0. The van der Waals surface area contributed by atoms with E-state index in [0.29, 0.717) is 16.0 Å².